The van der Waals surface area contributed by atoms with E-state index in [2.05, 4.69) is 27.7 Å². The lowest BCUT2D eigenvalue weighted by Gasteiger charge is -2.41. The molecule has 3 rings (SSSR count). The molecule has 7 heteroatoms. The molecule has 2 aliphatic rings. The number of anilines is 1. The molecule has 1 atom stereocenters. The van der Waals surface area contributed by atoms with Crippen molar-refractivity contribution in [3.63, 3.8) is 0 Å². The minimum absolute atomic E-state index is 0.143. The first kappa shape index (κ1) is 23.8. The van der Waals surface area contributed by atoms with Crippen LogP contribution in [0.15, 0.2) is 6.07 Å². The van der Waals surface area contributed by atoms with Crippen LogP contribution in [0, 0.1) is 11.8 Å². The number of rotatable bonds is 6. The van der Waals surface area contributed by atoms with Crippen molar-refractivity contribution in [2.24, 2.45) is 11.8 Å². The molecule has 0 amide bonds. The Balaban J connectivity index is 2.02. The van der Waals surface area contributed by atoms with E-state index in [1.807, 2.05) is 17.4 Å². The van der Waals surface area contributed by atoms with Crippen LogP contribution in [-0.4, -0.2) is 43.2 Å². The van der Waals surface area contributed by atoms with E-state index in [-0.39, 0.29) is 11.1 Å². The molecule has 0 bridgehead atoms. The van der Waals surface area contributed by atoms with Crippen molar-refractivity contribution in [1.82, 2.24) is 0 Å². The molecule has 5 nitrogen and oxygen atoms in total. The Morgan fingerprint density at radius 2 is 1.80 bits per heavy atom. The first-order valence-corrected chi connectivity index (χ1v) is 14.3. The fourth-order valence-corrected chi connectivity index (χ4v) is 8.58. The van der Waals surface area contributed by atoms with Crippen molar-refractivity contribution in [1.29, 1.82) is 0 Å². The third-order valence-electron chi connectivity index (χ3n) is 6.84. The maximum absolute atomic E-state index is 14.4. The van der Waals surface area contributed by atoms with Gasteiger partial charge in [-0.1, -0.05) is 27.7 Å². The van der Waals surface area contributed by atoms with Crippen molar-refractivity contribution in [3.8, 4) is 0 Å². The average Bonchev–Trinajstić information content (AvgIpc) is 3.13. The van der Waals surface area contributed by atoms with Crippen LogP contribution < -0.4 is 4.67 Å². The molecular formula is C23H38NO4PS. The van der Waals surface area contributed by atoms with E-state index in [0.717, 1.165) is 56.6 Å². The highest BCUT2D eigenvalue weighted by atomic mass is 32.1. The number of carboxylic acids is 1. The van der Waals surface area contributed by atoms with Crippen molar-refractivity contribution in [2.45, 2.75) is 77.3 Å². The molecule has 1 aromatic rings. The lowest BCUT2D eigenvalue weighted by Crippen LogP contribution is -2.35. The molecule has 170 valence electrons. The molecule has 2 fully saturated rings. The number of aromatic carboxylic acids is 1. The molecule has 0 spiro atoms. The summed E-state index contributed by atoms with van der Waals surface area (Å²) in [4.78, 5) is 13.5. The number of carboxylic acid groups (broad SMARTS) is 1. The second-order valence-corrected chi connectivity index (χ2v) is 14.5. The Labute approximate surface area is 185 Å². The Kier molecular flexibility index (Phi) is 7.41. The predicted octanol–water partition coefficient (Wildman–Crippen LogP) is 6.46. The Hall–Kier alpha value is -0.840. The Bertz CT molecular complexity index is 786. The molecule has 1 aromatic heterocycles. The molecule has 0 radical (unpaired) electrons. The Morgan fingerprint density at radius 3 is 2.33 bits per heavy atom. The number of ether oxygens (including phenoxy) is 1. The maximum Gasteiger partial charge on any atom is 0.348 e. The summed E-state index contributed by atoms with van der Waals surface area (Å²) in [6.07, 6.45) is 6.04. The zero-order valence-corrected chi connectivity index (χ0v) is 20.9. The number of hydrogen-bond acceptors (Lipinski definition) is 4. The molecule has 1 unspecified atom stereocenters. The monoisotopic (exact) mass is 455 g/mol. The lowest BCUT2D eigenvalue weighted by molar-refractivity contribution is 0.0684. The number of hydrogen-bond donors (Lipinski definition) is 1. The van der Waals surface area contributed by atoms with E-state index < -0.39 is 13.3 Å². The van der Waals surface area contributed by atoms with Gasteiger partial charge >= 0.3 is 5.97 Å². The van der Waals surface area contributed by atoms with E-state index >= 15 is 0 Å². The van der Waals surface area contributed by atoms with Gasteiger partial charge in [0.15, 0.2) is 7.29 Å². The van der Waals surface area contributed by atoms with E-state index in [4.69, 9.17) is 4.74 Å². The van der Waals surface area contributed by atoms with Gasteiger partial charge in [-0.05, 0) is 61.8 Å². The van der Waals surface area contributed by atoms with Gasteiger partial charge in [0, 0.05) is 37.0 Å². The first-order chi connectivity index (χ1) is 14.0. The number of nitrogens with zero attached hydrogens (tertiary/aromatic N) is 1. The smallest absolute Gasteiger partial charge is 0.348 e. The van der Waals surface area contributed by atoms with Crippen LogP contribution in [0.5, 0.6) is 0 Å². The SMILES string of the molecule is CC1CCC(P(C)(=O)N(CC2CCOCC2)c2cc(C(C)(C)C)sc2C(=O)O)CC1. The lowest BCUT2D eigenvalue weighted by atomic mass is 9.91. The molecule has 0 aromatic carbocycles. The minimum atomic E-state index is -2.76. The van der Waals surface area contributed by atoms with Gasteiger partial charge in [-0.3, -0.25) is 0 Å². The predicted molar refractivity (Wildman–Crippen MR) is 126 cm³/mol. The summed E-state index contributed by atoms with van der Waals surface area (Å²) in [7, 11) is -2.76. The van der Waals surface area contributed by atoms with Crippen molar-refractivity contribution < 1.29 is 19.2 Å². The topological polar surface area (TPSA) is 66.8 Å². The molecule has 30 heavy (non-hydrogen) atoms. The highest BCUT2D eigenvalue weighted by Gasteiger charge is 2.40. The van der Waals surface area contributed by atoms with Crippen LogP contribution in [0.2, 0.25) is 0 Å². The Morgan fingerprint density at radius 1 is 1.20 bits per heavy atom. The highest BCUT2D eigenvalue weighted by Crippen LogP contribution is 2.59. The second kappa shape index (κ2) is 9.34. The van der Waals surface area contributed by atoms with Crippen LogP contribution in [0.3, 0.4) is 0 Å². The van der Waals surface area contributed by atoms with Crippen molar-refractivity contribution >= 4 is 30.3 Å². The number of thiophene rings is 1. The summed E-state index contributed by atoms with van der Waals surface area (Å²) >= 11 is 1.34. The van der Waals surface area contributed by atoms with Crippen LogP contribution in [0.1, 0.15) is 80.8 Å². The summed E-state index contributed by atoms with van der Waals surface area (Å²) in [6, 6.07) is 2.01. The molecule has 1 saturated heterocycles. The summed E-state index contributed by atoms with van der Waals surface area (Å²) in [5, 5.41) is 9.98. The van der Waals surface area contributed by atoms with E-state index in [1.165, 1.54) is 11.3 Å². The molecule has 2 heterocycles. The minimum Gasteiger partial charge on any atom is -0.477 e. The molecule has 1 saturated carbocycles. The third-order valence-corrected chi connectivity index (χ3v) is 11.6. The van der Waals surface area contributed by atoms with E-state index in [1.54, 1.807) is 0 Å². The normalized spacial score (nSPS) is 25.6. The van der Waals surface area contributed by atoms with Gasteiger partial charge in [0.25, 0.3) is 0 Å². The average molecular weight is 456 g/mol. The van der Waals surface area contributed by atoms with Crippen molar-refractivity contribution in [3.05, 3.63) is 15.8 Å². The van der Waals surface area contributed by atoms with Gasteiger partial charge in [0.1, 0.15) is 4.88 Å². The molecular weight excluding hydrogens is 417 g/mol. The second-order valence-electron chi connectivity index (χ2n) is 10.4. The number of carbonyl (C=O) groups is 1. The van der Waals surface area contributed by atoms with Gasteiger partial charge in [-0.15, -0.1) is 11.3 Å². The standard InChI is InChI=1S/C23H38NO4PS/c1-16-6-8-18(9-7-16)29(5,27)24(15-17-10-12-28-13-11-17)19-14-20(23(2,3)4)30-21(19)22(25)26/h14,16-18H,6-13,15H2,1-5H3,(H,25,26). The fourth-order valence-electron chi connectivity index (χ4n) is 4.66. The van der Waals surface area contributed by atoms with E-state index in [9.17, 15) is 14.5 Å². The van der Waals surface area contributed by atoms with E-state index in [0.29, 0.717) is 28.9 Å². The fraction of sp³-hybridized carbons (Fsp3) is 0.783. The van der Waals surface area contributed by atoms with Gasteiger partial charge in [0.2, 0.25) is 0 Å². The van der Waals surface area contributed by atoms with Crippen molar-refractivity contribution in [2.75, 3.05) is 31.1 Å². The molecule has 1 N–H and O–H groups in total. The summed E-state index contributed by atoms with van der Waals surface area (Å²) < 4.78 is 22.0. The molecule has 1 aliphatic heterocycles. The summed E-state index contributed by atoms with van der Waals surface area (Å²) in [5.41, 5.74) is 0.677. The largest absolute Gasteiger partial charge is 0.477 e. The summed E-state index contributed by atoms with van der Waals surface area (Å²) in [6.45, 7) is 12.6. The quantitative estimate of drug-likeness (QED) is 0.498. The van der Waals surface area contributed by atoms with Gasteiger partial charge in [-0.2, -0.15) is 0 Å². The van der Waals surface area contributed by atoms with Gasteiger partial charge in [-0.25, -0.2) is 4.79 Å². The zero-order valence-electron chi connectivity index (χ0n) is 19.1. The van der Waals surface area contributed by atoms with Crippen LogP contribution in [0.4, 0.5) is 5.69 Å². The maximum atomic E-state index is 14.4. The third kappa shape index (κ3) is 5.31. The van der Waals surface area contributed by atoms with Crippen LogP contribution in [-0.2, 0) is 14.7 Å². The molecule has 1 aliphatic carbocycles. The summed E-state index contributed by atoms with van der Waals surface area (Å²) in [5.74, 6) is 0.155. The van der Waals surface area contributed by atoms with Crippen LogP contribution in [0.25, 0.3) is 0 Å². The van der Waals surface area contributed by atoms with Crippen LogP contribution >= 0.6 is 18.6 Å². The van der Waals surface area contributed by atoms with Gasteiger partial charge < -0.3 is 19.1 Å². The first-order valence-electron chi connectivity index (χ1n) is 11.3. The highest BCUT2D eigenvalue weighted by molar-refractivity contribution is 7.65. The van der Waals surface area contributed by atoms with Gasteiger partial charge in [0.05, 0.1) is 5.69 Å². The zero-order chi connectivity index (χ0) is 22.1.